The molecule has 1 spiro atoms. The predicted octanol–water partition coefficient (Wildman–Crippen LogP) is 11.0. The van der Waals surface area contributed by atoms with Crippen LogP contribution in [0, 0.1) is 0 Å². The first-order valence-electron chi connectivity index (χ1n) is 18.2. The van der Waals surface area contributed by atoms with Crippen LogP contribution in [-0.4, -0.2) is 12.5 Å². The zero-order valence-electron chi connectivity index (χ0n) is 28.8. The average Bonchev–Trinajstić information content (AvgIpc) is 3.76. The third kappa shape index (κ3) is 4.16. The molecule has 0 unspecified atom stereocenters. The lowest BCUT2D eigenvalue weighted by atomic mass is 9.64. The maximum absolute atomic E-state index is 10.3. The molecule has 1 N–H and O–H groups in total. The van der Waals surface area contributed by atoms with Crippen molar-refractivity contribution in [1.29, 1.82) is 0 Å². The standard InChI is InChI=1S/C49H32BNO2/c52-50-43-23-11-19-37-38-20-12-24-46(48(38)53-47(37)43)51-44-27-25-33(31-13-3-1-4-14-31)29-41(44)49(39-21-9-7-17-35(39)36-18-8-10-22-40(36)49)42-30-34(26-28-45(42)51)32-15-5-2-6-16-32/h1-30,50,52H. The Morgan fingerprint density at radius 3 is 1.49 bits per heavy atom. The first kappa shape index (κ1) is 30.1. The molecule has 0 atom stereocenters. The molecule has 2 aliphatic rings. The highest BCUT2D eigenvalue weighted by molar-refractivity contribution is 6.50. The number of furan rings is 1. The molecule has 11 rings (SSSR count). The minimum Gasteiger partial charge on any atom is -0.454 e. The van der Waals surface area contributed by atoms with Gasteiger partial charge >= 0.3 is 7.48 Å². The van der Waals surface area contributed by atoms with Crippen LogP contribution in [0.3, 0.4) is 0 Å². The van der Waals surface area contributed by atoms with E-state index in [9.17, 15) is 5.02 Å². The van der Waals surface area contributed by atoms with Gasteiger partial charge in [-0.05, 0) is 91.4 Å². The van der Waals surface area contributed by atoms with Crippen LogP contribution in [-0.2, 0) is 5.41 Å². The molecule has 0 saturated carbocycles. The minimum absolute atomic E-state index is 0.0895. The average molecular weight is 678 g/mol. The highest BCUT2D eigenvalue weighted by Crippen LogP contribution is 2.64. The van der Waals surface area contributed by atoms with Crippen molar-refractivity contribution in [3.63, 3.8) is 0 Å². The fourth-order valence-corrected chi connectivity index (χ4v) is 9.20. The van der Waals surface area contributed by atoms with E-state index in [1.807, 2.05) is 12.1 Å². The molecule has 2 heterocycles. The number of anilines is 3. The molecule has 1 aromatic heterocycles. The summed E-state index contributed by atoms with van der Waals surface area (Å²) in [5.41, 5.74) is 17.1. The monoisotopic (exact) mass is 677 g/mol. The molecule has 248 valence electrons. The molecular weight excluding hydrogens is 645 g/mol. The smallest absolute Gasteiger partial charge is 0.308 e. The van der Waals surface area contributed by atoms with E-state index in [1.165, 1.54) is 55.6 Å². The molecule has 0 fully saturated rings. The number of hydrogen-bond acceptors (Lipinski definition) is 3. The van der Waals surface area contributed by atoms with Crippen LogP contribution in [0.25, 0.3) is 55.3 Å². The quantitative estimate of drug-likeness (QED) is 0.188. The molecule has 0 bridgehead atoms. The van der Waals surface area contributed by atoms with Gasteiger partial charge in [0.05, 0.1) is 22.5 Å². The van der Waals surface area contributed by atoms with Gasteiger partial charge in [-0.3, -0.25) is 0 Å². The third-order valence-corrected chi connectivity index (χ3v) is 11.4. The number of hydrogen-bond donors (Lipinski definition) is 1. The second-order valence-electron chi connectivity index (χ2n) is 14.1. The Kier molecular flexibility index (Phi) is 6.49. The highest BCUT2D eigenvalue weighted by Gasteiger charge is 2.52. The number of para-hydroxylation sites is 2. The van der Waals surface area contributed by atoms with Gasteiger partial charge in [0.15, 0.2) is 5.58 Å². The molecule has 0 amide bonds. The summed E-state index contributed by atoms with van der Waals surface area (Å²) >= 11 is 0. The lowest BCUT2D eigenvalue weighted by molar-refractivity contribution is 0.613. The van der Waals surface area contributed by atoms with E-state index >= 15 is 0 Å². The van der Waals surface area contributed by atoms with Crippen molar-refractivity contribution in [3.8, 4) is 33.4 Å². The molecule has 0 saturated heterocycles. The normalized spacial score (nSPS) is 13.5. The largest absolute Gasteiger partial charge is 0.454 e. The number of rotatable bonds is 4. The second-order valence-corrected chi connectivity index (χ2v) is 14.1. The molecule has 9 aromatic rings. The van der Waals surface area contributed by atoms with Crippen molar-refractivity contribution < 1.29 is 9.44 Å². The van der Waals surface area contributed by atoms with Crippen LogP contribution in [0.15, 0.2) is 186 Å². The number of benzene rings is 8. The molecular formula is C49H32BNO2. The maximum atomic E-state index is 10.3. The Hall–Kier alpha value is -6.62. The lowest BCUT2D eigenvalue weighted by Gasteiger charge is -2.45. The summed E-state index contributed by atoms with van der Waals surface area (Å²) in [5.74, 6) is 0. The first-order chi connectivity index (χ1) is 26.3. The Morgan fingerprint density at radius 1 is 0.415 bits per heavy atom. The van der Waals surface area contributed by atoms with E-state index < -0.39 is 5.41 Å². The summed E-state index contributed by atoms with van der Waals surface area (Å²) in [5, 5.41) is 12.3. The second kappa shape index (κ2) is 11.4. The summed E-state index contributed by atoms with van der Waals surface area (Å²) in [6.45, 7) is 0. The van der Waals surface area contributed by atoms with E-state index in [0.29, 0.717) is 0 Å². The molecule has 1 aliphatic heterocycles. The fourth-order valence-electron chi connectivity index (χ4n) is 9.20. The molecule has 0 radical (unpaired) electrons. The van der Waals surface area contributed by atoms with Crippen LogP contribution >= 0.6 is 0 Å². The SMILES string of the molecule is OBc1cccc2c1oc1c(N3c4ccc(-c5ccccc5)cc4C4(c5ccccc5-c5ccccc54)c4cc(-c5ccccc5)ccc43)cccc12. The van der Waals surface area contributed by atoms with E-state index in [2.05, 4.69) is 175 Å². The molecule has 4 heteroatoms. The van der Waals surface area contributed by atoms with Gasteiger partial charge in [0, 0.05) is 10.8 Å². The van der Waals surface area contributed by atoms with Gasteiger partial charge in [-0.2, -0.15) is 0 Å². The Labute approximate surface area is 308 Å². The lowest BCUT2D eigenvalue weighted by Crippen LogP contribution is -2.36. The highest BCUT2D eigenvalue weighted by atomic mass is 16.3. The minimum atomic E-state index is -0.601. The van der Waals surface area contributed by atoms with E-state index in [4.69, 9.17) is 4.42 Å². The van der Waals surface area contributed by atoms with Crippen LogP contribution in [0.1, 0.15) is 22.3 Å². The van der Waals surface area contributed by atoms with E-state index in [1.54, 1.807) is 0 Å². The summed E-state index contributed by atoms with van der Waals surface area (Å²) in [6.07, 6.45) is 0. The van der Waals surface area contributed by atoms with Gasteiger partial charge in [0.2, 0.25) is 0 Å². The van der Waals surface area contributed by atoms with Crippen molar-refractivity contribution in [1.82, 2.24) is 0 Å². The van der Waals surface area contributed by atoms with Crippen molar-refractivity contribution in [2.45, 2.75) is 5.41 Å². The summed E-state index contributed by atoms with van der Waals surface area (Å²) < 4.78 is 6.80. The van der Waals surface area contributed by atoms with Crippen LogP contribution < -0.4 is 10.4 Å². The third-order valence-electron chi connectivity index (χ3n) is 11.4. The predicted molar refractivity (Wildman–Crippen MR) is 219 cm³/mol. The van der Waals surface area contributed by atoms with E-state index in [-0.39, 0.29) is 7.48 Å². The zero-order valence-corrected chi connectivity index (χ0v) is 28.8. The van der Waals surface area contributed by atoms with Crippen molar-refractivity contribution in [2.24, 2.45) is 0 Å². The summed E-state index contributed by atoms with van der Waals surface area (Å²) in [7, 11) is -0.0895. The van der Waals surface area contributed by atoms with Gasteiger partial charge in [0.1, 0.15) is 5.58 Å². The topological polar surface area (TPSA) is 36.6 Å². The van der Waals surface area contributed by atoms with Crippen LogP contribution in [0.4, 0.5) is 17.1 Å². The molecule has 3 nitrogen and oxygen atoms in total. The van der Waals surface area contributed by atoms with Crippen LogP contribution in [0.2, 0.25) is 0 Å². The van der Waals surface area contributed by atoms with Gasteiger partial charge < -0.3 is 14.3 Å². The Balaban J connectivity index is 1.30. The van der Waals surface area contributed by atoms with E-state index in [0.717, 1.165) is 44.5 Å². The van der Waals surface area contributed by atoms with Crippen LogP contribution in [0.5, 0.6) is 0 Å². The molecule has 8 aromatic carbocycles. The number of fused-ring (bicyclic) bond motifs is 12. The van der Waals surface area contributed by atoms with Gasteiger partial charge in [-0.15, -0.1) is 0 Å². The van der Waals surface area contributed by atoms with Crippen molar-refractivity contribution >= 4 is 51.9 Å². The zero-order chi connectivity index (χ0) is 35.1. The number of nitrogens with zero attached hydrogens (tertiary/aromatic N) is 1. The first-order valence-corrected chi connectivity index (χ1v) is 18.2. The Morgan fingerprint density at radius 2 is 0.925 bits per heavy atom. The maximum Gasteiger partial charge on any atom is 0.308 e. The molecule has 1 aliphatic carbocycles. The Bertz CT molecular complexity index is 2760. The van der Waals surface area contributed by atoms with Gasteiger partial charge in [-0.1, -0.05) is 152 Å². The van der Waals surface area contributed by atoms with Crippen molar-refractivity contribution in [3.05, 3.63) is 204 Å². The fraction of sp³-hybridized carbons (Fsp3) is 0.0204. The summed E-state index contributed by atoms with van der Waals surface area (Å²) in [4.78, 5) is 2.41. The molecule has 53 heavy (non-hydrogen) atoms. The summed E-state index contributed by atoms with van der Waals surface area (Å²) in [6, 6.07) is 65.7. The van der Waals surface area contributed by atoms with Crippen molar-refractivity contribution in [2.75, 3.05) is 4.90 Å². The van der Waals surface area contributed by atoms with Gasteiger partial charge in [0.25, 0.3) is 0 Å². The van der Waals surface area contributed by atoms with Gasteiger partial charge in [-0.25, -0.2) is 0 Å².